The van der Waals surface area contributed by atoms with Crippen molar-refractivity contribution in [3.8, 4) is 130 Å². The molecule has 12 nitrogen and oxygen atoms in total. The average Bonchev–Trinajstić information content (AvgIpc) is 1.54. The molecule has 31 rings (SSSR count). The molecule has 13 heteroatoms. The van der Waals surface area contributed by atoms with Gasteiger partial charge >= 0.3 is 0 Å². The van der Waals surface area contributed by atoms with E-state index in [1.807, 2.05) is 59.9 Å². The van der Waals surface area contributed by atoms with Crippen molar-refractivity contribution in [2.24, 2.45) is 0 Å². The van der Waals surface area contributed by atoms with Crippen LogP contribution in [0, 0.1) is 0 Å². The first-order valence-corrected chi connectivity index (χ1v) is 51.1. The molecule has 0 N–H and O–H groups in total. The zero-order valence-corrected chi connectivity index (χ0v) is 82.1. The topological polar surface area (TPSA) is 131 Å². The number of aromatic nitrogens is 10. The first-order valence-electron chi connectivity index (χ1n) is 50.2. The third-order valence-corrected chi connectivity index (χ3v) is 32.3. The molecule has 0 radical (unpaired) electrons. The van der Waals surface area contributed by atoms with Gasteiger partial charge in [-0.15, -0.1) is 11.3 Å². The van der Waals surface area contributed by atoms with E-state index in [1.54, 1.807) is 0 Å². The molecule has 0 saturated heterocycles. The summed E-state index contributed by atoms with van der Waals surface area (Å²) in [4.78, 5) is 37.2. The summed E-state index contributed by atoms with van der Waals surface area (Å²) in [5.41, 5.74) is 37.0. The summed E-state index contributed by atoms with van der Waals surface area (Å²) in [6, 6.07) is 154. The van der Waals surface area contributed by atoms with Gasteiger partial charge in [-0.2, -0.15) is 9.97 Å². The highest BCUT2D eigenvalue weighted by molar-refractivity contribution is 7.26. The number of rotatable bonds is 10. The summed E-state index contributed by atoms with van der Waals surface area (Å²) in [7, 11) is 0. The summed E-state index contributed by atoms with van der Waals surface area (Å²) in [5.74, 6) is 3.02. The third-order valence-electron chi connectivity index (χ3n) is 31.1. The van der Waals surface area contributed by atoms with E-state index in [1.165, 1.54) is 119 Å². The lowest BCUT2D eigenvalue weighted by atomic mass is 9.80. The fourth-order valence-electron chi connectivity index (χ4n) is 24.5. The zero-order valence-electron chi connectivity index (χ0n) is 81.3. The van der Waals surface area contributed by atoms with Crippen LogP contribution in [-0.4, -0.2) is 48.6 Å². The Bertz CT molecular complexity index is 10000. The Morgan fingerprint density at radius 2 is 0.544 bits per heavy atom. The number of hydrogen-bond donors (Lipinski definition) is 0. The molecule has 694 valence electrons. The number of benzene rings is 19. The third kappa shape index (κ3) is 13.1. The Balaban J connectivity index is 0.000000104. The Kier molecular flexibility index (Phi) is 19.1. The SMILES string of the molecule is CC1(C)c2ccccc2-c2ccc3c(c21)c1ccccc1n3-c1nc(-c2cccc(-c3ccccc3)c2)nc(-c2cccc3c2oc2ccccc23)n1.CC1(C)c2ccccc2-c2ccc3c(c21)c1ccccc1n3-c1nc(-c2ccccc2)cc(-c2cccc3c2oc2ccccc23)n1.CC1(C)c2ccccc2-c2ccc3c(c21)c1ccccc1n3-c1nc(-c2ccccc2)cc(-c2cccc3c2sc2ccccc23)n1. The molecule has 3 aliphatic carbocycles. The van der Waals surface area contributed by atoms with Crippen LogP contribution in [0.1, 0.15) is 74.9 Å². The van der Waals surface area contributed by atoms with Gasteiger partial charge in [0.15, 0.2) is 11.6 Å². The fraction of sp³-hybridized carbons (Fsp3) is 0.0672. The van der Waals surface area contributed by atoms with Crippen molar-refractivity contribution in [2.45, 2.75) is 57.8 Å². The highest BCUT2D eigenvalue weighted by Gasteiger charge is 2.43. The van der Waals surface area contributed by atoms with E-state index in [-0.39, 0.29) is 16.2 Å². The van der Waals surface area contributed by atoms with Crippen molar-refractivity contribution in [2.75, 3.05) is 0 Å². The molecule has 0 aliphatic heterocycles. The molecule has 0 atom stereocenters. The lowest BCUT2D eigenvalue weighted by Gasteiger charge is -2.22. The maximum Gasteiger partial charge on any atom is 0.238 e. The smallest absolute Gasteiger partial charge is 0.238 e. The van der Waals surface area contributed by atoms with Crippen LogP contribution in [0.2, 0.25) is 0 Å². The van der Waals surface area contributed by atoms with E-state index in [0.29, 0.717) is 29.5 Å². The minimum Gasteiger partial charge on any atom is -0.455 e. The van der Waals surface area contributed by atoms with Crippen molar-refractivity contribution < 1.29 is 8.83 Å². The molecule has 0 saturated carbocycles. The number of para-hydroxylation sites is 7. The first kappa shape index (κ1) is 85.4. The van der Waals surface area contributed by atoms with Crippen LogP contribution in [0.15, 0.2) is 446 Å². The molecule has 147 heavy (non-hydrogen) atoms. The van der Waals surface area contributed by atoms with Crippen molar-refractivity contribution in [3.05, 3.63) is 470 Å². The van der Waals surface area contributed by atoms with E-state index < -0.39 is 0 Å². The molecule has 9 aromatic heterocycles. The van der Waals surface area contributed by atoms with Crippen molar-refractivity contribution in [1.29, 1.82) is 0 Å². The van der Waals surface area contributed by atoms with E-state index in [9.17, 15) is 0 Å². The largest absolute Gasteiger partial charge is 0.455 e. The van der Waals surface area contributed by atoms with E-state index in [4.69, 9.17) is 43.7 Å². The van der Waals surface area contributed by atoms with Crippen molar-refractivity contribution in [1.82, 2.24) is 48.6 Å². The van der Waals surface area contributed by atoms with E-state index in [2.05, 4.69) is 443 Å². The normalized spacial score (nSPS) is 13.4. The minimum atomic E-state index is -0.190. The van der Waals surface area contributed by atoms with Crippen molar-refractivity contribution in [3.63, 3.8) is 0 Å². The standard InChI is InChI=1S/C48H32N4O.C43H29N3O.C43H29N3S/c1-48(2)38-23-9-6-18-32(38)34-26-27-40-42(43(34)48)36-20-7-10-24-39(36)52(40)47-50-45(31-17-12-16-30(28-31)29-14-4-3-5-15-29)49-46(51-47)37-22-13-21-35-33-19-8-11-25-41(33)53-44(35)37;2*1-43(2)33-20-9-6-15-27(33)29-23-24-37-39(40(29)43)32-17-7-10-21-36(32)46(37)42-44-34(26-13-4-3-5-14-26)25-35(45-42)31-19-12-18-30-28-16-8-11-22-38(28)47-41(30)31/h3-28H,1-2H3;2*3-25H,1-2H3. The maximum absolute atomic E-state index is 6.53. The minimum absolute atomic E-state index is 0.144. The van der Waals surface area contributed by atoms with Gasteiger partial charge in [-0.05, 0) is 163 Å². The molecule has 0 spiro atoms. The van der Waals surface area contributed by atoms with E-state index >= 15 is 0 Å². The molecule has 19 aromatic carbocycles. The lowest BCUT2D eigenvalue weighted by molar-refractivity contribution is 0.666. The highest BCUT2D eigenvalue weighted by atomic mass is 32.1. The average molecular weight is 1900 g/mol. The summed E-state index contributed by atoms with van der Waals surface area (Å²) >= 11 is 1.83. The van der Waals surface area contributed by atoms with Crippen LogP contribution >= 0.6 is 11.3 Å². The predicted octanol–water partition coefficient (Wildman–Crippen LogP) is 34.9. The second kappa shape index (κ2) is 32.8. The Hall–Kier alpha value is -18.4. The first-order chi connectivity index (χ1) is 72.2. The monoisotopic (exact) mass is 1900 g/mol. The zero-order chi connectivity index (χ0) is 97.8. The molecular formula is C134H90N10O2S. The summed E-state index contributed by atoms with van der Waals surface area (Å²) in [6.07, 6.45) is 0. The van der Waals surface area contributed by atoms with E-state index in [0.717, 1.165) is 144 Å². The molecular weight excluding hydrogens is 1810 g/mol. The second-order valence-corrected chi connectivity index (χ2v) is 41.4. The summed E-state index contributed by atoms with van der Waals surface area (Å²) in [6.45, 7) is 14.1. The lowest BCUT2D eigenvalue weighted by Crippen LogP contribution is -2.15. The van der Waals surface area contributed by atoms with Crippen LogP contribution < -0.4 is 0 Å². The van der Waals surface area contributed by atoms with Crippen LogP contribution in [0.5, 0.6) is 0 Å². The fourth-order valence-corrected chi connectivity index (χ4v) is 25.7. The Labute approximate surface area is 850 Å². The van der Waals surface area contributed by atoms with Gasteiger partial charge in [0, 0.05) is 118 Å². The number of fused-ring (bicyclic) bond motifs is 30. The molecule has 0 fully saturated rings. The van der Waals surface area contributed by atoms with Gasteiger partial charge < -0.3 is 8.83 Å². The van der Waals surface area contributed by atoms with Crippen LogP contribution in [0.25, 0.3) is 260 Å². The van der Waals surface area contributed by atoms with Crippen molar-refractivity contribution >= 4 is 141 Å². The maximum atomic E-state index is 6.53. The van der Waals surface area contributed by atoms with Gasteiger partial charge in [0.05, 0.1) is 61.4 Å². The predicted molar refractivity (Wildman–Crippen MR) is 605 cm³/mol. The molecule has 0 amide bonds. The van der Waals surface area contributed by atoms with Gasteiger partial charge in [-0.1, -0.05) is 393 Å². The number of hydrogen-bond acceptors (Lipinski definition) is 10. The molecule has 0 bridgehead atoms. The van der Waals surface area contributed by atoms with Gasteiger partial charge in [-0.25, -0.2) is 24.9 Å². The van der Waals surface area contributed by atoms with Crippen LogP contribution in [0.4, 0.5) is 0 Å². The molecule has 28 aromatic rings. The number of nitrogens with zero attached hydrogens (tertiary/aromatic N) is 10. The molecule has 3 aliphatic rings. The van der Waals surface area contributed by atoms with Gasteiger partial charge in [0.2, 0.25) is 17.8 Å². The number of furan rings is 2. The van der Waals surface area contributed by atoms with Crippen LogP contribution in [-0.2, 0) is 16.2 Å². The highest BCUT2D eigenvalue weighted by Crippen LogP contribution is 2.58. The number of thiophene rings is 1. The van der Waals surface area contributed by atoms with Crippen LogP contribution in [0.3, 0.4) is 0 Å². The summed E-state index contributed by atoms with van der Waals surface area (Å²) < 4.78 is 22.3. The second-order valence-electron chi connectivity index (χ2n) is 40.4. The quantitative estimate of drug-likeness (QED) is 0.131. The Morgan fingerprint density at radius 1 is 0.211 bits per heavy atom. The summed E-state index contributed by atoms with van der Waals surface area (Å²) in [5, 5.41) is 14.2. The van der Waals surface area contributed by atoms with Gasteiger partial charge in [0.1, 0.15) is 22.3 Å². The van der Waals surface area contributed by atoms with Gasteiger partial charge in [-0.3, -0.25) is 13.7 Å². The molecule has 9 heterocycles. The molecule has 0 unspecified atom stereocenters. The Morgan fingerprint density at radius 3 is 1.03 bits per heavy atom. The van der Waals surface area contributed by atoms with Gasteiger partial charge in [0.25, 0.3) is 0 Å².